The Labute approximate surface area is 129 Å². The molecule has 2 rings (SSSR count). The lowest BCUT2D eigenvalue weighted by molar-refractivity contribution is 0.282. The lowest BCUT2D eigenvalue weighted by Gasteiger charge is -2.25. The number of hydrogen-bond donors (Lipinski definition) is 1. The molecule has 2 aromatic rings. The first kappa shape index (κ1) is 16.2. The summed E-state index contributed by atoms with van der Waals surface area (Å²) in [5.41, 5.74) is 3.68. The van der Waals surface area contributed by atoms with Crippen LogP contribution >= 0.6 is 0 Å². The van der Waals surface area contributed by atoms with E-state index in [1.165, 1.54) is 21.9 Å². The molecule has 2 aromatic carbocycles. The van der Waals surface area contributed by atoms with E-state index in [1.807, 2.05) is 6.07 Å². The van der Waals surface area contributed by atoms with Gasteiger partial charge in [-0.3, -0.25) is 0 Å². The van der Waals surface area contributed by atoms with E-state index in [0.717, 1.165) is 5.56 Å². The number of benzene rings is 2. The van der Waals surface area contributed by atoms with Crippen LogP contribution in [0.25, 0.3) is 10.8 Å². The van der Waals surface area contributed by atoms with Crippen LogP contribution in [0.4, 0.5) is 0 Å². The summed E-state index contributed by atoms with van der Waals surface area (Å²) in [5.74, 6) is 0. The maximum absolute atomic E-state index is 9.31. The molecule has 0 fully saturated rings. The van der Waals surface area contributed by atoms with Gasteiger partial charge >= 0.3 is 0 Å². The van der Waals surface area contributed by atoms with Gasteiger partial charge in [0.25, 0.3) is 0 Å². The van der Waals surface area contributed by atoms with Crippen LogP contribution in [0.1, 0.15) is 37.5 Å². The topological polar surface area (TPSA) is 29.5 Å². The molecule has 0 heterocycles. The van der Waals surface area contributed by atoms with E-state index in [2.05, 4.69) is 58.1 Å². The Hall–Kier alpha value is -1.16. The number of aliphatic hydroxyl groups excluding tert-OH is 1. The fourth-order valence-corrected chi connectivity index (χ4v) is 3.05. The minimum atomic E-state index is -0.714. The van der Waals surface area contributed by atoms with Crippen LogP contribution in [0.5, 0.6) is 0 Å². The quantitative estimate of drug-likeness (QED) is 0.848. The molecule has 0 saturated carbocycles. The van der Waals surface area contributed by atoms with Gasteiger partial charge in [0.2, 0.25) is 9.04 Å². The summed E-state index contributed by atoms with van der Waals surface area (Å²) in [6, 6.07) is 10.5. The molecule has 1 N–H and O–H groups in total. The highest BCUT2D eigenvalue weighted by Gasteiger charge is 2.20. The van der Waals surface area contributed by atoms with Crippen LogP contribution in [-0.2, 0) is 23.1 Å². The van der Waals surface area contributed by atoms with Gasteiger partial charge < -0.3 is 9.53 Å². The molecule has 0 aromatic heterocycles. The third kappa shape index (κ3) is 3.73. The van der Waals surface area contributed by atoms with Crippen molar-refractivity contribution in [3.8, 4) is 0 Å². The molecular weight excluding hydrogens is 276 g/mol. The first-order valence-corrected chi connectivity index (χ1v) is 9.82. The van der Waals surface area contributed by atoms with Gasteiger partial charge in [-0.25, -0.2) is 0 Å². The third-order valence-corrected chi connectivity index (χ3v) is 4.41. The normalized spacial score (nSPS) is 12.3. The van der Waals surface area contributed by atoms with Crippen molar-refractivity contribution in [2.75, 3.05) is 0 Å². The Bertz CT molecular complexity index is 627. The van der Waals surface area contributed by atoms with E-state index in [4.69, 9.17) is 4.43 Å². The highest BCUT2D eigenvalue weighted by Crippen LogP contribution is 2.32. The Balaban J connectivity index is 2.60. The SMILES string of the molecule is C[Si](C)OCc1c(C(C)(C)C)ccc2cc(CO)ccc12. The van der Waals surface area contributed by atoms with E-state index in [0.29, 0.717) is 6.61 Å². The van der Waals surface area contributed by atoms with Crippen LogP contribution in [0.3, 0.4) is 0 Å². The zero-order chi connectivity index (χ0) is 15.6. The van der Waals surface area contributed by atoms with E-state index in [9.17, 15) is 5.11 Å². The molecule has 2 nitrogen and oxygen atoms in total. The zero-order valence-electron chi connectivity index (χ0n) is 13.7. The second-order valence-corrected chi connectivity index (χ2v) is 8.86. The molecule has 3 heteroatoms. The molecule has 0 saturated heterocycles. The van der Waals surface area contributed by atoms with Gasteiger partial charge in [-0.05, 0) is 52.0 Å². The fourth-order valence-electron chi connectivity index (χ4n) is 2.62. The van der Waals surface area contributed by atoms with Gasteiger partial charge in [0.15, 0.2) is 0 Å². The molecule has 0 aliphatic heterocycles. The van der Waals surface area contributed by atoms with E-state index in [-0.39, 0.29) is 12.0 Å². The van der Waals surface area contributed by atoms with E-state index in [1.54, 1.807) is 0 Å². The predicted molar refractivity (Wildman–Crippen MR) is 90.8 cm³/mol. The van der Waals surface area contributed by atoms with Crippen molar-refractivity contribution in [2.24, 2.45) is 0 Å². The van der Waals surface area contributed by atoms with Crippen molar-refractivity contribution in [1.29, 1.82) is 0 Å². The van der Waals surface area contributed by atoms with Gasteiger partial charge in [0.1, 0.15) is 0 Å². The number of hydrogen-bond acceptors (Lipinski definition) is 2. The molecule has 0 unspecified atom stereocenters. The summed E-state index contributed by atoms with van der Waals surface area (Å²) < 4.78 is 5.98. The average Bonchev–Trinajstić information content (AvgIpc) is 2.42. The second kappa shape index (κ2) is 6.30. The molecule has 0 spiro atoms. The van der Waals surface area contributed by atoms with Crippen LogP contribution in [0.2, 0.25) is 13.1 Å². The standard InChI is InChI=1S/C18H25O2Si/c1-18(2,3)17-9-7-14-10-13(11-19)6-8-15(14)16(17)12-20-21(4)5/h6-10,19H,11-12H2,1-5H3. The molecule has 0 atom stereocenters. The van der Waals surface area contributed by atoms with Gasteiger partial charge in [-0.15, -0.1) is 0 Å². The third-order valence-electron chi connectivity index (χ3n) is 3.69. The van der Waals surface area contributed by atoms with Crippen molar-refractivity contribution in [3.63, 3.8) is 0 Å². The van der Waals surface area contributed by atoms with Crippen LogP contribution in [0, 0.1) is 0 Å². The summed E-state index contributed by atoms with van der Waals surface area (Å²) in [5, 5.41) is 11.7. The largest absolute Gasteiger partial charge is 0.413 e. The van der Waals surface area contributed by atoms with Gasteiger partial charge in [0, 0.05) is 0 Å². The Morgan fingerprint density at radius 2 is 1.81 bits per heavy atom. The molecule has 113 valence electrons. The summed E-state index contributed by atoms with van der Waals surface area (Å²) >= 11 is 0. The number of rotatable bonds is 4. The summed E-state index contributed by atoms with van der Waals surface area (Å²) in [6.07, 6.45) is 0. The lowest BCUT2D eigenvalue weighted by Crippen LogP contribution is -2.17. The van der Waals surface area contributed by atoms with Crippen LogP contribution < -0.4 is 0 Å². The lowest BCUT2D eigenvalue weighted by atomic mass is 9.82. The Morgan fingerprint density at radius 3 is 2.38 bits per heavy atom. The van der Waals surface area contributed by atoms with Crippen molar-refractivity contribution in [1.82, 2.24) is 0 Å². The van der Waals surface area contributed by atoms with Gasteiger partial charge in [0.05, 0.1) is 13.2 Å². The maximum atomic E-state index is 9.31. The molecule has 0 amide bonds. The smallest absolute Gasteiger partial charge is 0.205 e. The van der Waals surface area contributed by atoms with Crippen molar-refractivity contribution in [3.05, 3.63) is 47.0 Å². The molecule has 0 aliphatic rings. The highest BCUT2D eigenvalue weighted by molar-refractivity contribution is 6.48. The Morgan fingerprint density at radius 1 is 1.10 bits per heavy atom. The van der Waals surface area contributed by atoms with E-state index < -0.39 is 9.04 Å². The molecule has 0 aliphatic carbocycles. The molecular formula is C18H25O2Si. The number of aliphatic hydroxyl groups is 1. The maximum Gasteiger partial charge on any atom is 0.205 e. The minimum Gasteiger partial charge on any atom is -0.413 e. The van der Waals surface area contributed by atoms with Crippen molar-refractivity contribution < 1.29 is 9.53 Å². The summed E-state index contributed by atoms with van der Waals surface area (Å²) in [6.45, 7) is 11.8. The van der Waals surface area contributed by atoms with Crippen molar-refractivity contribution >= 4 is 19.8 Å². The molecule has 21 heavy (non-hydrogen) atoms. The Kier molecular flexibility index (Phi) is 4.87. The summed E-state index contributed by atoms with van der Waals surface area (Å²) in [7, 11) is -0.714. The monoisotopic (exact) mass is 301 g/mol. The zero-order valence-corrected chi connectivity index (χ0v) is 14.7. The molecule has 0 bridgehead atoms. The molecule has 1 radical (unpaired) electrons. The van der Waals surface area contributed by atoms with Gasteiger partial charge in [-0.2, -0.15) is 0 Å². The minimum absolute atomic E-state index is 0.0832. The van der Waals surface area contributed by atoms with Crippen molar-refractivity contribution in [2.45, 2.75) is 52.5 Å². The predicted octanol–water partition coefficient (Wildman–Crippen LogP) is 4.40. The first-order chi connectivity index (χ1) is 9.82. The second-order valence-electron chi connectivity index (χ2n) is 6.75. The number of fused-ring (bicyclic) bond motifs is 1. The van der Waals surface area contributed by atoms with Crippen LogP contribution in [-0.4, -0.2) is 14.1 Å². The highest BCUT2D eigenvalue weighted by atomic mass is 28.3. The average molecular weight is 301 g/mol. The first-order valence-electron chi connectivity index (χ1n) is 7.41. The van der Waals surface area contributed by atoms with E-state index >= 15 is 0 Å². The van der Waals surface area contributed by atoms with Crippen LogP contribution in [0.15, 0.2) is 30.3 Å². The fraction of sp³-hybridized carbons (Fsp3) is 0.444. The van der Waals surface area contributed by atoms with Gasteiger partial charge in [-0.1, -0.05) is 45.0 Å². The summed E-state index contributed by atoms with van der Waals surface area (Å²) in [4.78, 5) is 0.